The molecule has 0 amide bonds. The molecule has 0 saturated heterocycles. The van der Waals surface area contributed by atoms with Gasteiger partial charge < -0.3 is 26.9 Å². The molecule has 8 heteroatoms. The van der Waals surface area contributed by atoms with E-state index < -0.39 is 0 Å². The first-order valence-electron chi connectivity index (χ1n) is 9.30. The second-order valence-corrected chi connectivity index (χ2v) is 7.89. The standard InChI is InChI=1S/C21H22N6OS/c22-12-14-9-15(26-19-5-6-24-21(27-19)25-7-8-28)11-16(20(14)23)18-10-13-3-1-2-4-17(13)29-18/h1-6,9-13,17,22,28H,7-8,23H2,(H2,24,25,26,27). The summed E-state index contributed by atoms with van der Waals surface area (Å²) in [5.41, 5.74) is 9.34. The van der Waals surface area contributed by atoms with Crippen LogP contribution in [-0.4, -0.2) is 39.7 Å². The molecule has 0 radical (unpaired) electrons. The highest BCUT2D eigenvalue weighted by atomic mass is 32.2. The number of nitrogens with two attached hydrogens (primary N) is 1. The second-order valence-electron chi connectivity index (χ2n) is 6.67. The first-order chi connectivity index (χ1) is 14.2. The average Bonchev–Trinajstić information content (AvgIpc) is 3.17. The van der Waals surface area contributed by atoms with E-state index in [1.807, 2.05) is 12.1 Å². The predicted molar refractivity (Wildman–Crippen MR) is 121 cm³/mol. The van der Waals surface area contributed by atoms with Gasteiger partial charge in [0, 0.05) is 57.5 Å². The molecule has 2 aliphatic rings. The van der Waals surface area contributed by atoms with Gasteiger partial charge in [0.15, 0.2) is 0 Å². The minimum Gasteiger partial charge on any atom is -0.398 e. The van der Waals surface area contributed by atoms with E-state index in [4.69, 9.17) is 16.2 Å². The molecule has 0 saturated carbocycles. The van der Waals surface area contributed by atoms with Crippen LogP contribution in [0.2, 0.25) is 0 Å². The third-order valence-corrected chi connectivity index (χ3v) is 6.04. The lowest BCUT2D eigenvalue weighted by molar-refractivity contribution is 0.311. The fourth-order valence-corrected chi connectivity index (χ4v) is 4.61. The Hall–Kier alpha value is -3.10. The average molecular weight is 407 g/mol. The summed E-state index contributed by atoms with van der Waals surface area (Å²) in [6.07, 6.45) is 13.7. The Balaban J connectivity index is 1.64. The van der Waals surface area contributed by atoms with E-state index >= 15 is 0 Å². The molecule has 0 spiro atoms. The van der Waals surface area contributed by atoms with Crippen LogP contribution in [-0.2, 0) is 0 Å². The zero-order valence-electron chi connectivity index (χ0n) is 15.7. The van der Waals surface area contributed by atoms with Crippen molar-refractivity contribution in [2.24, 2.45) is 5.92 Å². The molecular formula is C21H22N6OS. The number of aromatic nitrogens is 2. The number of nitrogen functional groups attached to an aromatic ring is 1. The summed E-state index contributed by atoms with van der Waals surface area (Å²) in [6.45, 7) is 0.383. The number of anilines is 4. The maximum atomic E-state index is 8.94. The van der Waals surface area contributed by atoms with E-state index in [1.54, 1.807) is 24.0 Å². The quantitative estimate of drug-likeness (QED) is 0.353. The zero-order valence-corrected chi connectivity index (χ0v) is 16.5. The van der Waals surface area contributed by atoms with Crippen LogP contribution in [0.5, 0.6) is 0 Å². The van der Waals surface area contributed by atoms with Gasteiger partial charge in [0.05, 0.1) is 6.61 Å². The number of hydrogen-bond donors (Lipinski definition) is 5. The first kappa shape index (κ1) is 19.2. The van der Waals surface area contributed by atoms with Gasteiger partial charge in [-0.2, -0.15) is 4.98 Å². The maximum Gasteiger partial charge on any atom is 0.224 e. The van der Waals surface area contributed by atoms with Gasteiger partial charge in [-0.15, -0.1) is 11.8 Å². The molecule has 2 heterocycles. The topological polar surface area (TPSA) is 120 Å². The smallest absolute Gasteiger partial charge is 0.224 e. The van der Waals surface area contributed by atoms with E-state index in [1.165, 1.54) is 6.21 Å². The Morgan fingerprint density at radius 3 is 2.93 bits per heavy atom. The normalized spacial score (nSPS) is 19.6. The summed E-state index contributed by atoms with van der Waals surface area (Å²) < 4.78 is 0. The number of nitrogens with zero attached hydrogens (tertiary/aromatic N) is 2. The lowest BCUT2D eigenvalue weighted by Crippen LogP contribution is -2.09. The van der Waals surface area contributed by atoms with Gasteiger partial charge in [0.2, 0.25) is 5.95 Å². The van der Waals surface area contributed by atoms with Crippen molar-refractivity contribution in [1.82, 2.24) is 9.97 Å². The Kier molecular flexibility index (Phi) is 5.64. The molecule has 0 bridgehead atoms. The molecule has 2 aromatic rings. The lowest BCUT2D eigenvalue weighted by Gasteiger charge is -2.15. The highest BCUT2D eigenvalue weighted by molar-refractivity contribution is 8.09. The molecule has 1 aromatic carbocycles. The fourth-order valence-electron chi connectivity index (χ4n) is 3.29. The van der Waals surface area contributed by atoms with E-state index in [9.17, 15) is 0 Å². The van der Waals surface area contributed by atoms with Gasteiger partial charge in [0.25, 0.3) is 0 Å². The highest BCUT2D eigenvalue weighted by Crippen LogP contribution is 2.47. The van der Waals surface area contributed by atoms with Crippen LogP contribution in [0.1, 0.15) is 11.1 Å². The molecular weight excluding hydrogens is 384 g/mol. The number of fused-ring (bicyclic) bond motifs is 1. The van der Waals surface area contributed by atoms with Crippen LogP contribution < -0.4 is 16.4 Å². The first-order valence-corrected chi connectivity index (χ1v) is 10.2. The van der Waals surface area contributed by atoms with Crippen LogP contribution in [0.25, 0.3) is 4.91 Å². The molecule has 7 nitrogen and oxygen atoms in total. The molecule has 148 valence electrons. The Bertz CT molecular complexity index is 1020. The molecule has 1 aromatic heterocycles. The molecule has 29 heavy (non-hydrogen) atoms. The van der Waals surface area contributed by atoms with Crippen molar-refractivity contribution in [3.05, 3.63) is 65.9 Å². The van der Waals surface area contributed by atoms with Crippen molar-refractivity contribution in [3.63, 3.8) is 0 Å². The van der Waals surface area contributed by atoms with Gasteiger partial charge in [-0.05, 0) is 18.2 Å². The number of allylic oxidation sites excluding steroid dienone is 4. The third-order valence-electron chi connectivity index (χ3n) is 4.69. The number of benzene rings is 1. The van der Waals surface area contributed by atoms with Crippen LogP contribution in [0.3, 0.4) is 0 Å². The number of nitrogens with one attached hydrogen (secondary N) is 3. The summed E-state index contributed by atoms with van der Waals surface area (Å²) in [7, 11) is 0. The van der Waals surface area contributed by atoms with Gasteiger partial charge in [-0.25, -0.2) is 4.98 Å². The second kappa shape index (κ2) is 8.50. The van der Waals surface area contributed by atoms with Crippen molar-refractivity contribution in [3.8, 4) is 0 Å². The SMILES string of the molecule is N=Cc1cc(Nc2ccnc(NCCO)n2)cc(C2=CC3C=CC=CC3S2)c1N. The highest BCUT2D eigenvalue weighted by Gasteiger charge is 2.27. The van der Waals surface area contributed by atoms with Crippen molar-refractivity contribution in [2.75, 3.05) is 29.5 Å². The molecule has 1 aliphatic heterocycles. The van der Waals surface area contributed by atoms with Crippen molar-refractivity contribution >= 4 is 46.0 Å². The monoisotopic (exact) mass is 406 g/mol. The lowest BCUT2D eigenvalue weighted by atomic mass is 9.98. The van der Waals surface area contributed by atoms with Crippen LogP contribution in [0.4, 0.5) is 23.1 Å². The summed E-state index contributed by atoms with van der Waals surface area (Å²) in [5, 5.41) is 23.3. The van der Waals surface area contributed by atoms with Gasteiger partial charge in [0.1, 0.15) is 5.82 Å². The van der Waals surface area contributed by atoms with E-state index in [0.717, 1.165) is 16.2 Å². The molecule has 0 fully saturated rings. The molecule has 1 aliphatic carbocycles. The third kappa shape index (κ3) is 4.18. The Labute approximate surface area is 173 Å². The number of rotatable bonds is 7. The van der Waals surface area contributed by atoms with Crippen LogP contribution >= 0.6 is 11.8 Å². The molecule has 4 rings (SSSR count). The van der Waals surface area contributed by atoms with Crippen molar-refractivity contribution in [1.29, 1.82) is 5.41 Å². The molecule has 2 unspecified atom stereocenters. The summed E-state index contributed by atoms with van der Waals surface area (Å²) >= 11 is 1.79. The minimum atomic E-state index is 0.00414. The predicted octanol–water partition coefficient (Wildman–Crippen LogP) is 3.40. The number of aliphatic hydroxyl groups is 1. The summed E-state index contributed by atoms with van der Waals surface area (Å²) in [5.74, 6) is 1.41. The number of hydrogen-bond acceptors (Lipinski definition) is 8. The van der Waals surface area contributed by atoms with Crippen LogP contribution in [0, 0.1) is 11.3 Å². The summed E-state index contributed by atoms with van der Waals surface area (Å²) in [4.78, 5) is 9.65. The largest absolute Gasteiger partial charge is 0.398 e. The zero-order chi connectivity index (χ0) is 20.2. The van der Waals surface area contributed by atoms with E-state index in [0.29, 0.717) is 40.7 Å². The summed E-state index contributed by atoms with van der Waals surface area (Å²) in [6, 6.07) is 5.59. The maximum absolute atomic E-state index is 8.94. The number of thioether (sulfide) groups is 1. The van der Waals surface area contributed by atoms with E-state index in [2.05, 4.69) is 51.0 Å². The van der Waals surface area contributed by atoms with Crippen molar-refractivity contribution < 1.29 is 5.11 Å². The Morgan fingerprint density at radius 2 is 2.14 bits per heavy atom. The molecule has 6 N–H and O–H groups in total. The van der Waals surface area contributed by atoms with E-state index in [-0.39, 0.29) is 6.61 Å². The minimum absolute atomic E-state index is 0.00414. The number of aliphatic hydroxyl groups excluding tert-OH is 1. The van der Waals surface area contributed by atoms with Gasteiger partial charge in [-0.1, -0.05) is 30.4 Å². The van der Waals surface area contributed by atoms with Crippen LogP contribution in [0.15, 0.2) is 54.8 Å². The van der Waals surface area contributed by atoms with Crippen molar-refractivity contribution in [2.45, 2.75) is 5.25 Å². The van der Waals surface area contributed by atoms with Gasteiger partial charge in [-0.3, -0.25) is 0 Å². The van der Waals surface area contributed by atoms with Gasteiger partial charge >= 0.3 is 0 Å². The Morgan fingerprint density at radius 1 is 1.28 bits per heavy atom. The molecule has 2 atom stereocenters. The fraction of sp³-hybridized carbons (Fsp3) is 0.190.